The summed E-state index contributed by atoms with van der Waals surface area (Å²) in [6, 6.07) is 12.6. The maximum absolute atomic E-state index is 12.8. The molecule has 0 amide bonds. The van der Waals surface area contributed by atoms with Crippen molar-refractivity contribution >= 4 is 21.8 Å². The molecule has 6 nitrogen and oxygen atoms in total. The van der Waals surface area contributed by atoms with Gasteiger partial charge in [-0.1, -0.05) is 18.2 Å². The minimum Gasteiger partial charge on any atom is -0.457 e. The Morgan fingerprint density at radius 2 is 1.64 bits per heavy atom. The van der Waals surface area contributed by atoms with E-state index in [2.05, 4.69) is 4.72 Å². The van der Waals surface area contributed by atoms with Crippen molar-refractivity contribution in [3.8, 4) is 0 Å². The van der Waals surface area contributed by atoms with E-state index in [4.69, 9.17) is 4.74 Å². The highest BCUT2D eigenvalue weighted by atomic mass is 32.2. The maximum Gasteiger partial charge on any atom is 0.307 e. The first-order chi connectivity index (χ1) is 11.9. The van der Waals surface area contributed by atoms with Gasteiger partial charge in [-0.15, -0.1) is 0 Å². The van der Waals surface area contributed by atoms with Gasteiger partial charge in [0.1, 0.15) is 5.82 Å². The van der Waals surface area contributed by atoms with Gasteiger partial charge >= 0.3 is 5.97 Å². The molecule has 0 aliphatic rings. The molecule has 8 heteroatoms. The van der Waals surface area contributed by atoms with Gasteiger partial charge in [0.2, 0.25) is 10.0 Å². The summed E-state index contributed by atoms with van der Waals surface area (Å²) in [7, 11) is -3.69. The van der Waals surface area contributed by atoms with E-state index in [0.717, 1.165) is 12.1 Å². The molecule has 0 atom stereocenters. The summed E-state index contributed by atoms with van der Waals surface area (Å²) in [5.41, 5.74) is 0.221. The van der Waals surface area contributed by atoms with Crippen LogP contribution in [0.1, 0.15) is 16.8 Å². The molecular formula is C17H16FNO5S. The van der Waals surface area contributed by atoms with Crippen molar-refractivity contribution in [2.24, 2.45) is 0 Å². The Morgan fingerprint density at radius 1 is 1.00 bits per heavy atom. The predicted octanol–water partition coefficient (Wildman–Crippen LogP) is 1.92. The van der Waals surface area contributed by atoms with Crippen LogP contribution >= 0.6 is 0 Å². The molecule has 2 aromatic rings. The van der Waals surface area contributed by atoms with Crippen LogP contribution in [0.3, 0.4) is 0 Å². The zero-order valence-electron chi connectivity index (χ0n) is 13.1. The third kappa shape index (κ3) is 5.77. The Kier molecular flexibility index (Phi) is 6.37. The van der Waals surface area contributed by atoms with E-state index in [1.165, 1.54) is 24.3 Å². The van der Waals surface area contributed by atoms with Crippen molar-refractivity contribution in [2.75, 3.05) is 13.2 Å². The minimum atomic E-state index is -3.69. The lowest BCUT2D eigenvalue weighted by molar-refractivity contribution is -0.142. The van der Waals surface area contributed by atoms with E-state index in [0.29, 0.717) is 0 Å². The van der Waals surface area contributed by atoms with Gasteiger partial charge in [0, 0.05) is 12.1 Å². The van der Waals surface area contributed by atoms with Crippen LogP contribution in [0.5, 0.6) is 0 Å². The van der Waals surface area contributed by atoms with Gasteiger partial charge in [0.25, 0.3) is 0 Å². The molecule has 0 fully saturated rings. The van der Waals surface area contributed by atoms with Crippen molar-refractivity contribution in [3.63, 3.8) is 0 Å². The van der Waals surface area contributed by atoms with E-state index in [1.54, 1.807) is 18.2 Å². The molecule has 0 heterocycles. The SMILES string of the molecule is O=C(CCNS(=O)(=O)c1ccccc1)OCC(=O)c1ccc(F)cc1. The number of benzene rings is 2. The molecule has 0 bridgehead atoms. The van der Waals surface area contributed by atoms with Crippen LogP contribution < -0.4 is 4.72 Å². The largest absolute Gasteiger partial charge is 0.457 e. The normalized spacial score (nSPS) is 11.1. The second-order valence-electron chi connectivity index (χ2n) is 5.05. The predicted molar refractivity (Wildman–Crippen MR) is 87.9 cm³/mol. The maximum atomic E-state index is 12.8. The van der Waals surface area contributed by atoms with E-state index in [9.17, 15) is 22.4 Å². The molecule has 0 saturated carbocycles. The van der Waals surface area contributed by atoms with E-state index >= 15 is 0 Å². The summed E-state index contributed by atoms with van der Waals surface area (Å²) in [6.07, 6.45) is -0.219. The van der Waals surface area contributed by atoms with Crippen molar-refractivity contribution in [1.29, 1.82) is 0 Å². The number of nitrogens with one attached hydrogen (secondary N) is 1. The Labute approximate surface area is 144 Å². The molecule has 0 aliphatic heterocycles. The standard InChI is InChI=1S/C17H16FNO5S/c18-14-8-6-13(7-9-14)16(20)12-24-17(21)10-11-19-25(22,23)15-4-2-1-3-5-15/h1-9,19H,10-12H2. The van der Waals surface area contributed by atoms with Crippen LogP contribution in [-0.4, -0.2) is 33.3 Å². The number of halogens is 1. The van der Waals surface area contributed by atoms with Crippen LogP contribution in [0.2, 0.25) is 0 Å². The number of sulfonamides is 1. The van der Waals surface area contributed by atoms with Crippen molar-refractivity contribution in [2.45, 2.75) is 11.3 Å². The van der Waals surface area contributed by atoms with Gasteiger partial charge in [-0.3, -0.25) is 9.59 Å². The van der Waals surface area contributed by atoms with Gasteiger partial charge < -0.3 is 4.74 Å². The minimum absolute atomic E-state index is 0.0925. The molecule has 0 unspecified atom stereocenters. The van der Waals surface area contributed by atoms with Gasteiger partial charge in [-0.05, 0) is 36.4 Å². The zero-order chi connectivity index (χ0) is 18.3. The van der Waals surface area contributed by atoms with Gasteiger partial charge in [-0.2, -0.15) is 0 Å². The van der Waals surface area contributed by atoms with Crippen LogP contribution in [0.25, 0.3) is 0 Å². The van der Waals surface area contributed by atoms with Crippen molar-refractivity contribution in [1.82, 2.24) is 4.72 Å². The van der Waals surface area contributed by atoms with Crippen LogP contribution in [0, 0.1) is 5.82 Å². The van der Waals surface area contributed by atoms with Crippen molar-refractivity contribution in [3.05, 3.63) is 66.0 Å². The second kappa shape index (κ2) is 8.50. The fraction of sp³-hybridized carbons (Fsp3) is 0.176. The van der Waals surface area contributed by atoms with Crippen molar-refractivity contribution < 1.29 is 27.1 Å². The number of ketones is 1. The number of Topliss-reactive ketones (excluding diaryl/α,β-unsaturated/α-hetero) is 1. The third-order valence-electron chi connectivity index (χ3n) is 3.21. The lowest BCUT2D eigenvalue weighted by atomic mass is 10.1. The Balaban J connectivity index is 1.75. The Hall–Kier alpha value is -2.58. The first-order valence-electron chi connectivity index (χ1n) is 7.37. The highest BCUT2D eigenvalue weighted by Gasteiger charge is 2.14. The summed E-state index contributed by atoms with van der Waals surface area (Å²) in [5, 5.41) is 0. The molecule has 0 radical (unpaired) electrons. The highest BCUT2D eigenvalue weighted by molar-refractivity contribution is 7.89. The van der Waals surface area contributed by atoms with E-state index < -0.39 is 34.2 Å². The topological polar surface area (TPSA) is 89.5 Å². The number of esters is 1. The number of carbonyl (C=O) groups excluding carboxylic acids is 2. The fourth-order valence-corrected chi connectivity index (χ4v) is 2.96. The Bertz CT molecular complexity index is 835. The summed E-state index contributed by atoms with van der Waals surface area (Å²) in [6.45, 7) is -0.642. The Morgan fingerprint density at radius 3 is 2.28 bits per heavy atom. The summed E-state index contributed by atoms with van der Waals surface area (Å²) in [4.78, 5) is 23.4. The number of hydrogen-bond donors (Lipinski definition) is 1. The molecule has 2 rings (SSSR count). The van der Waals surface area contributed by atoms with Crippen LogP contribution in [0.15, 0.2) is 59.5 Å². The molecule has 1 N–H and O–H groups in total. The smallest absolute Gasteiger partial charge is 0.307 e. The average molecular weight is 365 g/mol. The average Bonchev–Trinajstić information content (AvgIpc) is 2.61. The van der Waals surface area contributed by atoms with Gasteiger partial charge in [-0.25, -0.2) is 17.5 Å². The molecule has 2 aromatic carbocycles. The number of hydrogen-bond acceptors (Lipinski definition) is 5. The van der Waals surface area contributed by atoms with E-state index in [-0.39, 0.29) is 23.4 Å². The first-order valence-corrected chi connectivity index (χ1v) is 8.86. The molecule has 132 valence electrons. The number of carbonyl (C=O) groups is 2. The fourth-order valence-electron chi connectivity index (χ4n) is 1.91. The molecule has 25 heavy (non-hydrogen) atoms. The lowest BCUT2D eigenvalue weighted by Crippen LogP contribution is -2.27. The van der Waals surface area contributed by atoms with Crippen LogP contribution in [0.4, 0.5) is 4.39 Å². The monoisotopic (exact) mass is 365 g/mol. The highest BCUT2D eigenvalue weighted by Crippen LogP contribution is 2.07. The van der Waals surface area contributed by atoms with Gasteiger partial charge in [0.15, 0.2) is 12.4 Å². The third-order valence-corrected chi connectivity index (χ3v) is 4.68. The zero-order valence-corrected chi connectivity index (χ0v) is 14.0. The molecule has 0 aromatic heterocycles. The quantitative estimate of drug-likeness (QED) is 0.570. The van der Waals surface area contributed by atoms with E-state index in [1.807, 2.05) is 0 Å². The first kappa shape index (κ1) is 18.8. The van der Waals surface area contributed by atoms with Gasteiger partial charge in [0.05, 0.1) is 11.3 Å². The van der Waals surface area contributed by atoms with Crippen LogP contribution in [-0.2, 0) is 19.6 Å². The summed E-state index contributed by atoms with van der Waals surface area (Å²) in [5.74, 6) is -1.66. The molecule has 0 saturated heterocycles. The molecule has 0 aliphatic carbocycles. The lowest BCUT2D eigenvalue weighted by Gasteiger charge is -2.07. The number of rotatable bonds is 8. The summed E-state index contributed by atoms with van der Waals surface area (Å²) < 4.78 is 43.7. The molecule has 0 spiro atoms. The molecular weight excluding hydrogens is 349 g/mol. The summed E-state index contributed by atoms with van der Waals surface area (Å²) >= 11 is 0. The second-order valence-corrected chi connectivity index (χ2v) is 6.82. The number of ether oxygens (including phenoxy) is 1.